The summed E-state index contributed by atoms with van der Waals surface area (Å²) in [5.74, 6) is -0.659. The first-order valence-electron chi connectivity index (χ1n) is 7.27. The van der Waals surface area contributed by atoms with Crippen LogP contribution in [0.1, 0.15) is 18.4 Å². The van der Waals surface area contributed by atoms with Crippen molar-refractivity contribution in [3.8, 4) is 0 Å². The van der Waals surface area contributed by atoms with Crippen molar-refractivity contribution in [3.05, 3.63) is 30.1 Å². The topological polar surface area (TPSA) is 115 Å². The summed E-state index contributed by atoms with van der Waals surface area (Å²) in [6.07, 6.45) is 5.16. The second-order valence-corrected chi connectivity index (χ2v) is 5.58. The molecular formula is C15H21N3O4. The van der Waals surface area contributed by atoms with Gasteiger partial charge in [0, 0.05) is 18.4 Å². The van der Waals surface area contributed by atoms with Gasteiger partial charge in [0.2, 0.25) is 11.8 Å². The Morgan fingerprint density at radius 1 is 1.36 bits per heavy atom. The van der Waals surface area contributed by atoms with Gasteiger partial charge in [0.05, 0.1) is 6.10 Å². The first kappa shape index (κ1) is 16.4. The molecule has 2 amide bonds. The van der Waals surface area contributed by atoms with Crippen LogP contribution in [-0.4, -0.2) is 47.3 Å². The maximum Gasteiger partial charge on any atom is 0.246 e. The number of aromatic nitrogens is 1. The molecule has 2 rings (SSSR count). The van der Waals surface area contributed by atoms with Crippen LogP contribution in [0.5, 0.6) is 0 Å². The van der Waals surface area contributed by atoms with Crippen LogP contribution in [0, 0.1) is 5.92 Å². The zero-order chi connectivity index (χ0) is 15.9. The molecule has 1 fully saturated rings. The number of amides is 2. The summed E-state index contributed by atoms with van der Waals surface area (Å²) in [7, 11) is 0. The molecule has 0 saturated heterocycles. The molecule has 0 aromatic carbocycles. The van der Waals surface area contributed by atoms with Gasteiger partial charge in [0.25, 0.3) is 0 Å². The maximum atomic E-state index is 11.9. The number of nitrogens with zero attached hydrogens (tertiary/aromatic N) is 1. The number of aliphatic hydroxyl groups is 1. The van der Waals surface area contributed by atoms with Gasteiger partial charge in [-0.3, -0.25) is 14.6 Å². The van der Waals surface area contributed by atoms with Gasteiger partial charge in [-0.2, -0.15) is 0 Å². The number of carbonyl (C=O) groups is 2. The van der Waals surface area contributed by atoms with Gasteiger partial charge >= 0.3 is 0 Å². The van der Waals surface area contributed by atoms with Crippen LogP contribution in [0.15, 0.2) is 24.5 Å². The fourth-order valence-corrected chi connectivity index (χ4v) is 2.56. The van der Waals surface area contributed by atoms with E-state index >= 15 is 0 Å². The van der Waals surface area contributed by atoms with E-state index in [1.807, 2.05) is 12.1 Å². The van der Waals surface area contributed by atoms with Crippen molar-refractivity contribution in [2.24, 2.45) is 11.7 Å². The Bertz CT molecular complexity index is 503. The van der Waals surface area contributed by atoms with Gasteiger partial charge in [-0.05, 0) is 42.9 Å². The molecule has 120 valence electrons. The first-order valence-corrected chi connectivity index (χ1v) is 7.27. The SMILES string of the molecule is NC(=O)COCC(=O)N[C@H](Cc1ccncc1)C1CC(O)C1. The van der Waals surface area contributed by atoms with Crippen LogP contribution in [0.2, 0.25) is 0 Å². The molecule has 7 nitrogen and oxygen atoms in total. The van der Waals surface area contributed by atoms with Gasteiger partial charge in [-0.1, -0.05) is 0 Å². The minimum atomic E-state index is -0.608. The Morgan fingerprint density at radius 3 is 2.64 bits per heavy atom. The van der Waals surface area contributed by atoms with Crippen LogP contribution in [0.3, 0.4) is 0 Å². The third-order valence-corrected chi connectivity index (χ3v) is 3.75. The molecule has 0 bridgehead atoms. The predicted molar refractivity (Wildman–Crippen MR) is 78.6 cm³/mol. The Morgan fingerprint density at radius 2 is 2.05 bits per heavy atom. The number of ether oxygens (including phenoxy) is 1. The van der Waals surface area contributed by atoms with E-state index in [9.17, 15) is 14.7 Å². The molecule has 0 spiro atoms. The van der Waals surface area contributed by atoms with Crippen molar-refractivity contribution in [2.75, 3.05) is 13.2 Å². The van der Waals surface area contributed by atoms with Crippen LogP contribution in [0.4, 0.5) is 0 Å². The standard InChI is InChI=1S/C15H21N3O4/c16-14(20)8-22-9-15(21)18-13(11-6-12(19)7-11)5-10-1-3-17-4-2-10/h1-4,11-13,19H,5-9H2,(H2,16,20)(H,18,21)/t11?,12?,13-/m1/s1. The summed E-state index contributed by atoms with van der Waals surface area (Å²) in [6, 6.07) is 3.73. The Balaban J connectivity index is 1.87. The van der Waals surface area contributed by atoms with Crippen LogP contribution < -0.4 is 11.1 Å². The minimum absolute atomic E-state index is 0.0736. The lowest BCUT2D eigenvalue weighted by Crippen LogP contribution is -2.49. The number of pyridine rings is 1. The van der Waals surface area contributed by atoms with E-state index in [0.29, 0.717) is 19.3 Å². The zero-order valence-corrected chi connectivity index (χ0v) is 12.3. The average molecular weight is 307 g/mol. The highest BCUT2D eigenvalue weighted by atomic mass is 16.5. The van der Waals surface area contributed by atoms with Crippen LogP contribution >= 0.6 is 0 Å². The second kappa shape index (κ2) is 7.86. The molecular weight excluding hydrogens is 286 g/mol. The monoisotopic (exact) mass is 307 g/mol. The molecule has 1 aromatic rings. The van der Waals surface area contributed by atoms with Gasteiger partial charge in [0.15, 0.2) is 0 Å². The third kappa shape index (κ3) is 5.09. The summed E-state index contributed by atoms with van der Waals surface area (Å²) in [5.41, 5.74) is 6.02. The van der Waals surface area contributed by atoms with Gasteiger partial charge in [-0.25, -0.2) is 0 Å². The van der Waals surface area contributed by atoms with Crippen molar-refractivity contribution in [1.29, 1.82) is 0 Å². The Labute approximate surface area is 128 Å². The van der Waals surface area contributed by atoms with E-state index in [-0.39, 0.29) is 37.2 Å². The molecule has 1 heterocycles. The second-order valence-electron chi connectivity index (χ2n) is 5.58. The summed E-state index contributed by atoms with van der Waals surface area (Å²) in [5, 5.41) is 12.4. The molecule has 0 unspecified atom stereocenters. The van der Waals surface area contributed by atoms with E-state index in [1.54, 1.807) is 12.4 Å². The molecule has 7 heteroatoms. The van der Waals surface area contributed by atoms with Crippen LogP contribution in [0.25, 0.3) is 0 Å². The highest BCUT2D eigenvalue weighted by Crippen LogP contribution is 2.31. The first-order chi connectivity index (χ1) is 10.5. The summed E-state index contributed by atoms with van der Waals surface area (Å²) >= 11 is 0. The number of hydrogen-bond donors (Lipinski definition) is 3. The highest BCUT2D eigenvalue weighted by Gasteiger charge is 2.34. The smallest absolute Gasteiger partial charge is 0.246 e. The van der Waals surface area contributed by atoms with Gasteiger partial charge < -0.3 is 20.9 Å². The number of hydrogen-bond acceptors (Lipinski definition) is 5. The Hall–Kier alpha value is -1.99. The molecule has 22 heavy (non-hydrogen) atoms. The average Bonchev–Trinajstić information content (AvgIpc) is 2.44. The van der Waals surface area contributed by atoms with Crippen LogP contribution in [-0.2, 0) is 20.7 Å². The molecule has 1 saturated carbocycles. The molecule has 0 radical (unpaired) electrons. The fraction of sp³-hybridized carbons (Fsp3) is 0.533. The number of primary amides is 1. The largest absolute Gasteiger partial charge is 0.393 e. The number of nitrogens with two attached hydrogens (primary N) is 1. The van der Waals surface area contributed by atoms with Gasteiger partial charge in [-0.15, -0.1) is 0 Å². The van der Waals surface area contributed by atoms with E-state index in [1.165, 1.54) is 0 Å². The lowest BCUT2D eigenvalue weighted by molar-refractivity contribution is -0.130. The van der Waals surface area contributed by atoms with Gasteiger partial charge in [0.1, 0.15) is 13.2 Å². The van der Waals surface area contributed by atoms with E-state index in [0.717, 1.165) is 5.56 Å². The maximum absolute atomic E-state index is 11.9. The van der Waals surface area contributed by atoms with Crippen molar-refractivity contribution in [2.45, 2.75) is 31.4 Å². The lowest BCUT2D eigenvalue weighted by atomic mass is 9.75. The number of carbonyl (C=O) groups excluding carboxylic acids is 2. The third-order valence-electron chi connectivity index (χ3n) is 3.75. The van der Waals surface area contributed by atoms with Crippen molar-refractivity contribution >= 4 is 11.8 Å². The van der Waals surface area contributed by atoms with Crippen molar-refractivity contribution in [1.82, 2.24) is 10.3 Å². The zero-order valence-electron chi connectivity index (χ0n) is 12.3. The van der Waals surface area contributed by atoms with E-state index in [2.05, 4.69) is 10.3 Å². The quantitative estimate of drug-likeness (QED) is 0.592. The summed E-state index contributed by atoms with van der Waals surface area (Å²) in [4.78, 5) is 26.4. The fourth-order valence-electron chi connectivity index (χ4n) is 2.56. The molecule has 1 atom stereocenters. The molecule has 4 N–H and O–H groups in total. The summed E-state index contributed by atoms with van der Waals surface area (Å²) < 4.78 is 4.91. The normalized spacial score (nSPS) is 21.7. The van der Waals surface area contributed by atoms with Crippen molar-refractivity contribution in [3.63, 3.8) is 0 Å². The summed E-state index contributed by atoms with van der Waals surface area (Å²) in [6.45, 7) is -0.477. The van der Waals surface area contributed by atoms with E-state index in [4.69, 9.17) is 10.5 Å². The van der Waals surface area contributed by atoms with Crippen molar-refractivity contribution < 1.29 is 19.4 Å². The number of nitrogens with one attached hydrogen (secondary N) is 1. The van der Waals surface area contributed by atoms with E-state index < -0.39 is 5.91 Å². The number of aliphatic hydroxyl groups excluding tert-OH is 1. The lowest BCUT2D eigenvalue weighted by Gasteiger charge is -2.38. The Kier molecular flexibility index (Phi) is 5.85. The predicted octanol–water partition coefficient (Wildman–Crippen LogP) is -0.618. The molecule has 1 aliphatic rings. The minimum Gasteiger partial charge on any atom is -0.393 e. The highest BCUT2D eigenvalue weighted by molar-refractivity contribution is 5.79. The molecule has 1 aromatic heterocycles. The molecule has 1 aliphatic carbocycles. The number of rotatable bonds is 8. The molecule has 0 aliphatic heterocycles.